The van der Waals surface area contributed by atoms with Gasteiger partial charge in [-0.2, -0.15) is 0 Å². The number of hydrogen-bond acceptors (Lipinski definition) is 2. The molecule has 2 aliphatic heterocycles. The standard InChI is InChI=1S/C52H55NO/c1-32-33(2)48(7,8)51(47(32,5)6)39-22-16-18-24-43(39)53(38-20-14-13-15-21-38)44-28-26-36(30-41(44)51)37-27-29-46-42(31-37)52(40-23-17-19-25-45(40)54-46)49(9,10)34(3)35(4)50(52,11)12/h13-31H,1-12H3. The second-order valence-electron chi connectivity index (χ2n) is 18.7. The summed E-state index contributed by atoms with van der Waals surface area (Å²) in [5, 5.41) is 0. The highest BCUT2D eigenvalue weighted by molar-refractivity contribution is 5.89. The van der Waals surface area contributed by atoms with E-state index in [2.05, 4.69) is 203 Å². The van der Waals surface area contributed by atoms with Gasteiger partial charge in [-0.15, -0.1) is 0 Å². The summed E-state index contributed by atoms with van der Waals surface area (Å²) in [5.74, 6) is 1.94. The lowest BCUT2D eigenvalue weighted by Gasteiger charge is -2.57. The number of fused-ring (bicyclic) bond motifs is 8. The van der Waals surface area contributed by atoms with Gasteiger partial charge in [0.05, 0.1) is 11.4 Å². The molecule has 0 atom stereocenters. The van der Waals surface area contributed by atoms with E-state index in [1.165, 1.54) is 72.7 Å². The fourth-order valence-corrected chi connectivity index (χ4v) is 12.8. The smallest absolute Gasteiger partial charge is 0.131 e. The minimum Gasteiger partial charge on any atom is -0.457 e. The maximum absolute atomic E-state index is 6.83. The molecule has 0 amide bonds. The van der Waals surface area contributed by atoms with Crippen molar-refractivity contribution in [1.82, 2.24) is 0 Å². The number of hydrogen-bond donors (Lipinski definition) is 0. The van der Waals surface area contributed by atoms with Crippen molar-refractivity contribution in [3.05, 3.63) is 160 Å². The molecule has 0 aromatic heterocycles. The Hall–Kier alpha value is -4.82. The lowest BCUT2D eigenvalue weighted by atomic mass is 9.48. The van der Waals surface area contributed by atoms with Gasteiger partial charge in [0, 0.05) is 49.3 Å². The van der Waals surface area contributed by atoms with Crippen LogP contribution < -0.4 is 9.64 Å². The molecule has 0 radical (unpaired) electrons. The third-order valence-electron chi connectivity index (χ3n) is 16.1. The summed E-state index contributed by atoms with van der Waals surface area (Å²) in [6.07, 6.45) is 0. The summed E-state index contributed by atoms with van der Waals surface area (Å²) in [6.45, 7) is 29.3. The van der Waals surface area contributed by atoms with Crippen molar-refractivity contribution in [2.45, 2.75) is 93.9 Å². The zero-order chi connectivity index (χ0) is 38.4. The van der Waals surface area contributed by atoms with Crippen molar-refractivity contribution >= 4 is 17.1 Å². The quantitative estimate of drug-likeness (QED) is 0.169. The monoisotopic (exact) mass is 709 g/mol. The van der Waals surface area contributed by atoms with Crippen molar-refractivity contribution in [3.8, 4) is 22.6 Å². The molecule has 0 unspecified atom stereocenters. The van der Waals surface area contributed by atoms with Gasteiger partial charge >= 0.3 is 0 Å². The predicted molar refractivity (Wildman–Crippen MR) is 227 cm³/mol. The summed E-state index contributed by atoms with van der Waals surface area (Å²) >= 11 is 0. The average Bonchev–Trinajstić information content (AvgIpc) is 3.33. The maximum atomic E-state index is 6.83. The number of rotatable bonds is 2. The van der Waals surface area contributed by atoms with E-state index in [1.807, 2.05) is 0 Å². The summed E-state index contributed by atoms with van der Waals surface area (Å²) in [6, 6.07) is 43.3. The molecule has 0 bridgehead atoms. The minimum atomic E-state index is -0.319. The molecule has 2 spiro atoms. The summed E-state index contributed by atoms with van der Waals surface area (Å²) < 4.78 is 6.83. The Morgan fingerprint density at radius 1 is 0.389 bits per heavy atom. The molecule has 9 rings (SSSR count). The van der Waals surface area contributed by atoms with Crippen molar-refractivity contribution in [3.63, 3.8) is 0 Å². The SMILES string of the molecule is CC1=C(C)C(C)(C)C2(c3ccccc3Oc3ccc(-c4ccc5c(c4)C4(c6ccccc6N5c5ccccc5)C(C)(C)C(C)=C(C)C4(C)C)cc32)C1(C)C. The first-order valence-corrected chi connectivity index (χ1v) is 19.9. The van der Waals surface area contributed by atoms with E-state index >= 15 is 0 Å². The van der Waals surface area contributed by atoms with Crippen LogP contribution in [0.15, 0.2) is 138 Å². The van der Waals surface area contributed by atoms with Crippen LogP contribution in [-0.4, -0.2) is 0 Å². The molecule has 0 saturated heterocycles. The number of para-hydroxylation sites is 3. The summed E-state index contributed by atoms with van der Waals surface area (Å²) in [5.41, 5.74) is 16.2. The van der Waals surface area contributed by atoms with Crippen LogP contribution in [0.4, 0.5) is 17.1 Å². The van der Waals surface area contributed by atoms with Crippen molar-refractivity contribution < 1.29 is 4.74 Å². The molecule has 2 aliphatic carbocycles. The third-order valence-corrected chi connectivity index (χ3v) is 16.1. The first-order chi connectivity index (χ1) is 25.5. The molecular formula is C52H55NO. The Kier molecular flexibility index (Phi) is 7.05. The van der Waals surface area contributed by atoms with E-state index in [1.54, 1.807) is 0 Å². The molecule has 2 nitrogen and oxygen atoms in total. The van der Waals surface area contributed by atoms with Crippen LogP contribution in [0.3, 0.4) is 0 Å². The van der Waals surface area contributed by atoms with Crippen molar-refractivity contribution in [1.29, 1.82) is 0 Å². The van der Waals surface area contributed by atoms with Crippen molar-refractivity contribution in [2.24, 2.45) is 21.7 Å². The molecule has 4 aliphatic rings. The number of allylic oxidation sites excluding steroid dienone is 4. The second-order valence-corrected chi connectivity index (χ2v) is 18.7. The highest BCUT2D eigenvalue weighted by Gasteiger charge is 2.67. The van der Waals surface area contributed by atoms with Crippen LogP contribution in [0.5, 0.6) is 11.5 Å². The Labute approximate surface area is 323 Å². The molecule has 0 N–H and O–H groups in total. The van der Waals surface area contributed by atoms with Gasteiger partial charge in [0.15, 0.2) is 0 Å². The zero-order valence-corrected chi connectivity index (χ0v) is 34.3. The molecule has 5 aromatic carbocycles. The fraction of sp³-hybridized carbons (Fsp3) is 0.346. The highest BCUT2D eigenvalue weighted by Crippen LogP contribution is 2.74. The number of nitrogens with zero attached hydrogens (tertiary/aromatic N) is 1. The van der Waals surface area contributed by atoms with Gasteiger partial charge < -0.3 is 9.64 Å². The normalized spacial score (nSPS) is 21.4. The van der Waals surface area contributed by atoms with E-state index in [9.17, 15) is 0 Å². The predicted octanol–water partition coefficient (Wildman–Crippen LogP) is 14.6. The van der Waals surface area contributed by atoms with Crippen LogP contribution >= 0.6 is 0 Å². The zero-order valence-electron chi connectivity index (χ0n) is 34.3. The van der Waals surface area contributed by atoms with Gasteiger partial charge in [0.25, 0.3) is 0 Å². The third kappa shape index (κ3) is 3.78. The van der Waals surface area contributed by atoms with Crippen LogP contribution in [-0.2, 0) is 10.8 Å². The fourth-order valence-electron chi connectivity index (χ4n) is 12.8. The van der Waals surface area contributed by atoms with Gasteiger partial charge in [-0.3, -0.25) is 0 Å². The minimum absolute atomic E-state index is 0.147. The van der Waals surface area contributed by atoms with Crippen LogP contribution in [0.25, 0.3) is 11.1 Å². The van der Waals surface area contributed by atoms with Crippen LogP contribution in [0.2, 0.25) is 0 Å². The Bertz CT molecular complexity index is 2420. The van der Waals surface area contributed by atoms with Gasteiger partial charge in [-0.1, -0.05) is 144 Å². The van der Waals surface area contributed by atoms with Gasteiger partial charge in [-0.25, -0.2) is 0 Å². The first-order valence-electron chi connectivity index (χ1n) is 19.9. The van der Waals surface area contributed by atoms with E-state index in [0.29, 0.717) is 0 Å². The van der Waals surface area contributed by atoms with Crippen LogP contribution in [0, 0.1) is 21.7 Å². The lowest BCUT2D eigenvalue weighted by Crippen LogP contribution is -2.52. The topological polar surface area (TPSA) is 12.5 Å². The molecule has 2 heteroatoms. The second kappa shape index (κ2) is 10.9. The number of ether oxygens (including phenoxy) is 1. The lowest BCUT2D eigenvalue weighted by molar-refractivity contribution is 0.140. The number of benzene rings is 5. The molecule has 2 heterocycles. The average molecular weight is 710 g/mol. The summed E-state index contributed by atoms with van der Waals surface area (Å²) in [7, 11) is 0. The highest BCUT2D eigenvalue weighted by atomic mass is 16.5. The molecule has 54 heavy (non-hydrogen) atoms. The van der Waals surface area contributed by atoms with Crippen molar-refractivity contribution in [2.75, 3.05) is 4.90 Å². The van der Waals surface area contributed by atoms with Gasteiger partial charge in [-0.05, 0) is 98.5 Å². The van der Waals surface area contributed by atoms with Gasteiger partial charge in [0.2, 0.25) is 0 Å². The maximum Gasteiger partial charge on any atom is 0.131 e. The van der Waals surface area contributed by atoms with E-state index < -0.39 is 0 Å². The largest absolute Gasteiger partial charge is 0.457 e. The molecule has 274 valence electrons. The van der Waals surface area contributed by atoms with E-state index in [4.69, 9.17) is 4.74 Å². The Morgan fingerprint density at radius 2 is 0.815 bits per heavy atom. The Balaban J connectivity index is 1.34. The first kappa shape index (κ1) is 34.9. The van der Waals surface area contributed by atoms with E-state index in [-0.39, 0.29) is 32.5 Å². The molecule has 0 saturated carbocycles. The van der Waals surface area contributed by atoms with Gasteiger partial charge in [0.1, 0.15) is 11.5 Å². The molecule has 0 fully saturated rings. The number of anilines is 3. The summed E-state index contributed by atoms with van der Waals surface area (Å²) in [4.78, 5) is 2.50. The van der Waals surface area contributed by atoms with E-state index in [0.717, 1.165) is 11.5 Å². The molecular weight excluding hydrogens is 655 g/mol. The Morgan fingerprint density at radius 3 is 1.41 bits per heavy atom. The van der Waals surface area contributed by atoms with Crippen LogP contribution in [0.1, 0.15) is 105 Å². The molecule has 5 aromatic rings.